The monoisotopic (exact) mass is 346 g/mol. The van der Waals surface area contributed by atoms with E-state index in [4.69, 9.17) is 4.74 Å². The lowest BCUT2D eigenvalue weighted by Crippen LogP contribution is -2.44. The summed E-state index contributed by atoms with van der Waals surface area (Å²) in [5.41, 5.74) is 1.38. The number of rotatable bonds is 9. The highest BCUT2D eigenvalue weighted by atomic mass is 16.5. The normalized spacial score (nSPS) is 21.5. The number of likely N-dealkylation sites (tertiary alicyclic amines) is 1. The van der Waals surface area contributed by atoms with E-state index in [-0.39, 0.29) is 0 Å². The molecular weight excluding hydrogens is 312 g/mol. The maximum absolute atomic E-state index is 5.38. The van der Waals surface area contributed by atoms with Crippen LogP contribution in [-0.2, 0) is 11.3 Å². The number of guanidine groups is 1. The Hall–Kier alpha value is -1.59. The van der Waals surface area contributed by atoms with Crippen LogP contribution in [0.3, 0.4) is 0 Å². The molecule has 0 amide bonds. The highest BCUT2D eigenvalue weighted by molar-refractivity contribution is 5.80. The van der Waals surface area contributed by atoms with Crippen molar-refractivity contribution in [2.45, 2.75) is 52.2 Å². The summed E-state index contributed by atoms with van der Waals surface area (Å²) in [5, 5.41) is 6.97. The molecule has 1 saturated heterocycles. The molecule has 1 aliphatic heterocycles. The van der Waals surface area contributed by atoms with E-state index in [1.54, 1.807) is 0 Å². The molecule has 0 spiro atoms. The highest BCUT2D eigenvalue weighted by Crippen LogP contribution is 2.20. The van der Waals surface area contributed by atoms with Crippen LogP contribution in [0.15, 0.2) is 35.3 Å². The standard InChI is InChI=1S/C20H34N4O/c1-4-21-20(22-12-9-13-25-5-2)23-19-14-17(3)24(16-19)15-18-10-7-6-8-11-18/h6-8,10-11,17,19H,4-5,9,12-16H2,1-3H3,(H2,21,22,23). The molecule has 0 radical (unpaired) electrons. The summed E-state index contributed by atoms with van der Waals surface area (Å²) in [6, 6.07) is 11.7. The van der Waals surface area contributed by atoms with Crippen molar-refractivity contribution in [1.82, 2.24) is 15.5 Å². The minimum atomic E-state index is 0.448. The van der Waals surface area contributed by atoms with Gasteiger partial charge in [0.05, 0.1) is 0 Å². The Bertz CT molecular complexity index is 506. The van der Waals surface area contributed by atoms with Gasteiger partial charge in [0, 0.05) is 51.5 Å². The SMILES string of the molecule is CCNC(=NCCCOCC)NC1CC(C)N(Cc2ccccc2)C1. The molecule has 0 aliphatic carbocycles. The maximum atomic E-state index is 5.38. The van der Waals surface area contributed by atoms with Gasteiger partial charge in [-0.05, 0) is 39.2 Å². The second-order valence-electron chi connectivity index (χ2n) is 6.65. The van der Waals surface area contributed by atoms with Crippen molar-refractivity contribution in [3.05, 3.63) is 35.9 Å². The molecule has 1 heterocycles. The van der Waals surface area contributed by atoms with E-state index in [1.165, 1.54) is 5.56 Å². The molecule has 2 rings (SSSR count). The van der Waals surface area contributed by atoms with Gasteiger partial charge in [-0.3, -0.25) is 9.89 Å². The Morgan fingerprint density at radius 1 is 1.28 bits per heavy atom. The lowest BCUT2D eigenvalue weighted by atomic mass is 10.2. The largest absolute Gasteiger partial charge is 0.382 e. The van der Waals surface area contributed by atoms with Gasteiger partial charge in [0.25, 0.3) is 0 Å². The number of aliphatic imine (C=N–C) groups is 1. The van der Waals surface area contributed by atoms with Crippen molar-refractivity contribution >= 4 is 5.96 Å². The van der Waals surface area contributed by atoms with Gasteiger partial charge in [0.2, 0.25) is 0 Å². The van der Waals surface area contributed by atoms with E-state index in [0.29, 0.717) is 12.1 Å². The van der Waals surface area contributed by atoms with Crippen molar-refractivity contribution in [2.24, 2.45) is 4.99 Å². The first-order valence-corrected chi connectivity index (χ1v) is 9.63. The molecule has 5 heteroatoms. The van der Waals surface area contributed by atoms with Gasteiger partial charge in [-0.15, -0.1) is 0 Å². The zero-order chi connectivity index (χ0) is 17.9. The van der Waals surface area contributed by atoms with Gasteiger partial charge in [0.15, 0.2) is 5.96 Å². The lowest BCUT2D eigenvalue weighted by molar-refractivity contribution is 0.146. The van der Waals surface area contributed by atoms with Crippen molar-refractivity contribution in [2.75, 3.05) is 32.8 Å². The molecule has 1 aromatic rings. The number of hydrogen-bond donors (Lipinski definition) is 2. The van der Waals surface area contributed by atoms with Crippen LogP contribution in [0.1, 0.15) is 39.2 Å². The van der Waals surface area contributed by atoms with Crippen LogP contribution >= 0.6 is 0 Å². The number of benzene rings is 1. The maximum Gasteiger partial charge on any atom is 0.191 e. The van der Waals surface area contributed by atoms with E-state index < -0.39 is 0 Å². The Morgan fingerprint density at radius 2 is 2.08 bits per heavy atom. The first-order chi connectivity index (χ1) is 12.2. The fourth-order valence-corrected chi connectivity index (χ4v) is 3.26. The lowest BCUT2D eigenvalue weighted by Gasteiger charge is -2.21. The first-order valence-electron chi connectivity index (χ1n) is 9.63. The smallest absolute Gasteiger partial charge is 0.191 e. The molecule has 1 aliphatic rings. The summed E-state index contributed by atoms with van der Waals surface area (Å²) >= 11 is 0. The van der Waals surface area contributed by atoms with E-state index >= 15 is 0 Å². The predicted molar refractivity (Wildman–Crippen MR) is 105 cm³/mol. The van der Waals surface area contributed by atoms with E-state index in [9.17, 15) is 0 Å². The molecule has 0 aromatic heterocycles. The second kappa shape index (κ2) is 11.1. The predicted octanol–water partition coefficient (Wildman–Crippen LogP) is 2.63. The highest BCUT2D eigenvalue weighted by Gasteiger charge is 2.29. The van der Waals surface area contributed by atoms with E-state index in [1.807, 2.05) is 6.92 Å². The quantitative estimate of drug-likeness (QED) is 0.410. The topological polar surface area (TPSA) is 48.9 Å². The number of nitrogens with zero attached hydrogens (tertiary/aromatic N) is 2. The van der Waals surface area contributed by atoms with Crippen LogP contribution in [0.2, 0.25) is 0 Å². The first kappa shape index (κ1) is 19.7. The van der Waals surface area contributed by atoms with Crippen molar-refractivity contribution in [1.29, 1.82) is 0 Å². The zero-order valence-electron chi connectivity index (χ0n) is 16.0. The van der Waals surface area contributed by atoms with Crippen LogP contribution in [0.25, 0.3) is 0 Å². The van der Waals surface area contributed by atoms with E-state index in [2.05, 4.69) is 64.7 Å². The third kappa shape index (κ3) is 7.04. The zero-order valence-corrected chi connectivity index (χ0v) is 16.0. The number of ether oxygens (including phenoxy) is 1. The molecule has 0 bridgehead atoms. The van der Waals surface area contributed by atoms with Crippen LogP contribution < -0.4 is 10.6 Å². The molecule has 1 aromatic carbocycles. The Morgan fingerprint density at radius 3 is 2.80 bits per heavy atom. The van der Waals surface area contributed by atoms with Crippen LogP contribution in [0.5, 0.6) is 0 Å². The molecule has 140 valence electrons. The molecule has 2 atom stereocenters. The average molecular weight is 347 g/mol. The van der Waals surface area contributed by atoms with Crippen molar-refractivity contribution < 1.29 is 4.74 Å². The second-order valence-corrected chi connectivity index (χ2v) is 6.65. The summed E-state index contributed by atoms with van der Waals surface area (Å²) in [7, 11) is 0. The van der Waals surface area contributed by atoms with Crippen molar-refractivity contribution in [3.8, 4) is 0 Å². The molecule has 0 saturated carbocycles. The van der Waals surface area contributed by atoms with Gasteiger partial charge in [-0.25, -0.2) is 0 Å². The third-order valence-electron chi connectivity index (χ3n) is 4.54. The van der Waals surface area contributed by atoms with Gasteiger partial charge in [0.1, 0.15) is 0 Å². The van der Waals surface area contributed by atoms with Crippen LogP contribution in [0.4, 0.5) is 0 Å². The van der Waals surface area contributed by atoms with Crippen LogP contribution in [-0.4, -0.2) is 55.8 Å². The summed E-state index contributed by atoms with van der Waals surface area (Å²) < 4.78 is 5.38. The molecule has 25 heavy (non-hydrogen) atoms. The summed E-state index contributed by atoms with van der Waals surface area (Å²) in [4.78, 5) is 7.23. The Balaban J connectivity index is 1.82. The van der Waals surface area contributed by atoms with Crippen molar-refractivity contribution in [3.63, 3.8) is 0 Å². The van der Waals surface area contributed by atoms with Gasteiger partial charge >= 0.3 is 0 Å². The Kier molecular flexibility index (Phi) is 8.77. The minimum Gasteiger partial charge on any atom is -0.382 e. The van der Waals surface area contributed by atoms with Gasteiger partial charge in [-0.1, -0.05) is 30.3 Å². The van der Waals surface area contributed by atoms with Gasteiger partial charge < -0.3 is 15.4 Å². The van der Waals surface area contributed by atoms with Crippen LogP contribution in [0, 0.1) is 0 Å². The minimum absolute atomic E-state index is 0.448. The summed E-state index contributed by atoms with van der Waals surface area (Å²) in [6.45, 7) is 11.8. The average Bonchev–Trinajstić information content (AvgIpc) is 2.95. The Labute approximate surface area is 152 Å². The molecule has 5 nitrogen and oxygen atoms in total. The number of nitrogens with one attached hydrogen (secondary N) is 2. The number of hydrogen-bond acceptors (Lipinski definition) is 3. The molecule has 1 fully saturated rings. The fourth-order valence-electron chi connectivity index (χ4n) is 3.26. The third-order valence-corrected chi connectivity index (χ3v) is 4.54. The molecule has 2 N–H and O–H groups in total. The summed E-state index contributed by atoms with van der Waals surface area (Å²) in [6.07, 6.45) is 2.11. The fraction of sp³-hybridized carbons (Fsp3) is 0.650. The molecular formula is C20H34N4O. The van der Waals surface area contributed by atoms with Gasteiger partial charge in [-0.2, -0.15) is 0 Å². The molecule has 2 unspecified atom stereocenters. The van der Waals surface area contributed by atoms with E-state index in [0.717, 1.165) is 58.2 Å². The summed E-state index contributed by atoms with van der Waals surface area (Å²) in [5.74, 6) is 0.928.